The SMILES string of the molecule is CC(N)c1cccc(NC(=O)NCc2cnc[nH]2)c1. The van der Waals surface area contributed by atoms with Crippen LogP contribution in [0.5, 0.6) is 0 Å². The molecule has 0 fully saturated rings. The third kappa shape index (κ3) is 3.82. The van der Waals surface area contributed by atoms with E-state index >= 15 is 0 Å². The minimum atomic E-state index is -0.267. The Morgan fingerprint density at radius 3 is 3.05 bits per heavy atom. The summed E-state index contributed by atoms with van der Waals surface area (Å²) in [5.41, 5.74) is 8.34. The van der Waals surface area contributed by atoms with Crippen molar-refractivity contribution in [3.05, 3.63) is 48.0 Å². The Bertz CT molecular complexity index is 536. The first-order valence-electron chi connectivity index (χ1n) is 6.03. The average Bonchev–Trinajstić information content (AvgIpc) is 2.90. The molecule has 1 aromatic heterocycles. The number of carbonyl (C=O) groups excluding carboxylic acids is 1. The molecule has 6 heteroatoms. The van der Waals surface area contributed by atoms with Gasteiger partial charge in [0, 0.05) is 17.9 Å². The zero-order valence-corrected chi connectivity index (χ0v) is 10.7. The summed E-state index contributed by atoms with van der Waals surface area (Å²) in [6, 6.07) is 7.15. The van der Waals surface area contributed by atoms with E-state index < -0.39 is 0 Å². The molecule has 0 aliphatic carbocycles. The Labute approximate surface area is 111 Å². The van der Waals surface area contributed by atoms with Crippen LogP contribution in [0.15, 0.2) is 36.8 Å². The second-order valence-electron chi connectivity index (χ2n) is 4.30. The number of urea groups is 1. The Hall–Kier alpha value is -2.34. The predicted molar refractivity (Wildman–Crippen MR) is 73.5 cm³/mol. The normalized spacial score (nSPS) is 11.9. The number of hydrogen-bond acceptors (Lipinski definition) is 3. The third-order valence-corrected chi connectivity index (χ3v) is 2.66. The van der Waals surface area contributed by atoms with Crippen molar-refractivity contribution < 1.29 is 4.79 Å². The first-order valence-corrected chi connectivity index (χ1v) is 6.03. The van der Waals surface area contributed by atoms with E-state index in [1.807, 2.05) is 31.2 Å². The standard InChI is InChI=1S/C13H17N5O/c1-9(14)10-3-2-4-11(5-10)18-13(19)16-7-12-6-15-8-17-12/h2-6,8-9H,7,14H2,1H3,(H,15,17)(H2,16,18,19). The number of nitrogens with one attached hydrogen (secondary N) is 3. The van der Waals surface area contributed by atoms with E-state index in [1.165, 1.54) is 0 Å². The lowest BCUT2D eigenvalue weighted by Gasteiger charge is -2.10. The van der Waals surface area contributed by atoms with Gasteiger partial charge < -0.3 is 21.4 Å². The number of H-pyrrole nitrogens is 1. The summed E-state index contributed by atoms with van der Waals surface area (Å²) in [4.78, 5) is 18.5. The molecule has 1 heterocycles. The highest BCUT2D eigenvalue weighted by Crippen LogP contribution is 2.15. The summed E-state index contributed by atoms with van der Waals surface area (Å²) in [7, 11) is 0. The molecule has 19 heavy (non-hydrogen) atoms. The number of amides is 2. The number of rotatable bonds is 4. The van der Waals surface area contributed by atoms with Crippen molar-refractivity contribution in [2.24, 2.45) is 5.73 Å². The molecule has 5 N–H and O–H groups in total. The van der Waals surface area contributed by atoms with E-state index in [-0.39, 0.29) is 12.1 Å². The predicted octanol–water partition coefficient (Wildman–Crippen LogP) is 1.75. The fourth-order valence-electron chi connectivity index (χ4n) is 1.63. The molecular weight excluding hydrogens is 242 g/mol. The van der Waals surface area contributed by atoms with Crippen LogP contribution in [0.3, 0.4) is 0 Å². The van der Waals surface area contributed by atoms with Gasteiger partial charge in [-0.25, -0.2) is 9.78 Å². The van der Waals surface area contributed by atoms with Gasteiger partial charge in [-0.15, -0.1) is 0 Å². The van der Waals surface area contributed by atoms with Gasteiger partial charge in [0.05, 0.1) is 18.6 Å². The number of carbonyl (C=O) groups is 1. The molecular formula is C13H17N5O. The lowest BCUT2D eigenvalue weighted by atomic mass is 10.1. The number of nitrogens with zero attached hydrogens (tertiary/aromatic N) is 1. The molecule has 2 amide bonds. The average molecular weight is 259 g/mol. The Balaban J connectivity index is 1.89. The molecule has 100 valence electrons. The molecule has 6 nitrogen and oxygen atoms in total. The summed E-state index contributed by atoms with van der Waals surface area (Å²) < 4.78 is 0. The fourth-order valence-corrected chi connectivity index (χ4v) is 1.63. The van der Waals surface area contributed by atoms with Gasteiger partial charge in [0.25, 0.3) is 0 Å². The van der Waals surface area contributed by atoms with Gasteiger partial charge in [-0.3, -0.25) is 0 Å². The molecule has 0 saturated carbocycles. The minimum absolute atomic E-state index is 0.0604. The monoisotopic (exact) mass is 259 g/mol. The van der Waals surface area contributed by atoms with Crippen LogP contribution in [0.2, 0.25) is 0 Å². The second-order valence-corrected chi connectivity index (χ2v) is 4.30. The van der Waals surface area contributed by atoms with Crippen LogP contribution in [-0.2, 0) is 6.54 Å². The molecule has 1 atom stereocenters. The highest BCUT2D eigenvalue weighted by atomic mass is 16.2. The van der Waals surface area contributed by atoms with Crippen molar-refractivity contribution in [2.45, 2.75) is 19.5 Å². The molecule has 0 saturated heterocycles. The molecule has 0 aliphatic rings. The first-order chi connectivity index (χ1) is 9.15. The number of imidazole rings is 1. The first kappa shape index (κ1) is 13.1. The molecule has 0 aliphatic heterocycles. The lowest BCUT2D eigenvalue weighted by molar-refractivity contribution is 0.251. The zero-order chi connectivity index (χ0) is 13.7. The number of nitrogens with two attached hydrogens (primary N) is 1. The van der Waals surface area contributed by atoms with Gasteiger partial charge >= 0.3 is 6.03 Å². The van der Waals surface area contributed by atoms with Crippen molar-refractivity contribution in [1.82, 2.24) is 15.3 Å². The fraction of sp³-hybridized carbons (Fsp3) is 0.231. The largest absolute Gasteiger partial charge is 0.347 e. The van der Waals surface area contributed by atoms with E-state index in [0.29, 0.717) is 6.54 Å². The van der Waals surface area contributed by atoms with Crippen LogP contribution in [0, 0.1) is 0 Å². The van der Waals surface area contributed by atoms with Gasteiger partial charge in [-0.05, 0) is 24.6 Å². The minimum Gasteiger partial charge on any atom is -0.347 e. The van der Waals surface area contributed by atoms with Crippen LogP contribution in [0.1, 0.15) is 24.2 Å². The van der Waals surface area contributed by atoms with Crippen LogP contribution in [-0.4, -0.2) is 16.0 Å². The second kappa shape index (κ2) is 6.01. The van der Waals surface area contributed by atoms with E-state index in [1.54, 1.807) is 12.5 Å². The number of benzene rings is 1. The van der Waals surface area contributed by atoms with Crippen LogP contribution in [0.4, 0.5) is 10.5 Å². The molecule has 0 radical (unpaired) electrons. The zero-order valence-electron chi connectivity index (χ0n) is 10.7. The van der Waals surface area contributed by atoms with Crippen molar-refractivity contribution in [3.8, 4) is 0 Å². The summed E-state index contributed by atoms with van der Waals surface area (Å²) in [5, 5.41) is 5.49. The van der Waals surface area contributed by atoms with E-state index in [4.69, 9.17) is 5.73 Å². The van der Waals surface area contributed by atoms with Crippen LogP contribution < -0.4 is 16.4 Å². The van der Waals surface area contributed by atoms with Crippen LogP contribution >= 0.6 is 0 Å². The molecule has 0 spiro atoms. The third-order valence-electron chi connectivity index (χ3n) is 2.66. The molecule has 2 rings (SSSR count). The highest BCUT2D eigenvalue weighted by molar-refractivity contribution is 5.89. The van der Waals surface area contributed by atoms with Crippen molar-refractivity contribution in [3.63, 3.8) is 0 Å². The summed E-state index contributed by atoms with van der Waals surface area (Å²) in [6.45, 7) is 2.30. The maximum absolute atomic E-state index is 11.7. The van der Waals surface area contributed by atoms with Crippen molar-refractivity contribution in [1.29, 1.82) is 0 Å². The Morgan fingerprint density at radius 2 is 2.37 bits per heavy atom. The number of hydrogen-bond donors (Lipinski definition) is 4. The summed E-state index contributed by atoms with van der Waals surface area (Å²) in [5.74, 6) is 0. The molecule has 1 unspecified atom stereocenters. The molecule has 2 aromatic rings. The van der Waals surface area contributed by atoms with Gasteiger partial charge in [0.2, 0.25) is 0 Å². The smallest absolute Gasteiger partial charge is 0.319 e. The van der Waals surface area contributed by atoms with Gasteiger partial charge in [-0.1, -0.05) is 12.1 Å². The van der Waals surface area contributed by atoms with Crippen LogP contribution in [0.25, 0.3) is 0 Å². The Kier molecular flexibility index (Phi) is 4.15. The van der Waals surface area contributed by atoms with E-state index in [2.05, 4.69) is 20.6 Å². The number of aromatic amines is 1. The summed E-state index contributed by atoms with van der Waals surface area (Å²) in [6.07, 6.45) is 3.23. The van der Waals surface area contributed by atoms with E-state index in [0.717, 1.165) is 16.9 Å². The maximum atomic E-state index is 11.7. The van der Waals surface area contributed by atoms with Gasteiger partial charge in [0.15, 0.2) is 0 Å². The number of anilines is 1. The molecule has 0 bridgehead atoms. The highest BCUT2D eigenvalue weighted by Gasteiger charge is 2.04. The van der Waals surface area contributed by atoms with Gasteiger partial charge in [0.1, 0.15) is 0 Å². The molecule has 1 aromatic carbocycles. The van der Waals surface area contributed by atoms with Crippen molar-refractivity contribution in [2.75, 3.05) is 5.32 Å². The Morgan fingerprint density at radius 1 is 1.53 bits per heavy atom. The summed E-state index contributed by atoms with van der Waals surface area (Å²) >= 11 is 0. The van der Waals surface area contributed by atoms with Crippen molar-refractivity contribution >= 4 is 11.7 Å². The number of aromatic nitrogens is 2. The van der Waals surface area contributed by atoms with Gasteiger partial charge in [-0.2, -0.15) is 0 Å². The quantitative estimate of drug-likeness (QED) is 0.673. The maximum Gasteiger partial charge on any atom is 0.319 e. The van der Waals surface area contributed by atoms with E-state index in [9.17, 15) is 4.79 Å². The lowest BCUT2D eigenvalue weighted by Crippen LogP contribution is -2.28. The topological polar surface area (TPSA) is 95.8 Å².